The second kappa shape index (κ2) is 10.1. The Morgan fingerprint density at radius 3 is 2.70 bits per heavy atom. The van der Waals surface area contributed by atoms with Gasteiger partial charge in [0.1, 0.15) is 0 Å². The maximum atomic E-state index is 6.07. The molecule has 27 heavy (non-hydrogen) atoms. The summed E-state index contributed by atoms with van der Waals surface area (Å²) in [7, 11) is 0. The first kappa shape index (κ1) is 21.7. The zero-order valence-electron chi connectivity index (χ0n) is 17.8. The molecule has 0 spiro atoms. The van der Waals surface area contributed by atoms with Crippen LogP contribution in [-0.4, -0.2) is 48.4 Å². The third-order valence-corrected chi connectivity index (χ3v) is 4.76. The summed E-state index contributed by atoms with van der Waals surface area (Å²) in [6.07, 6.45) is 3.23. The molecular formula is C20H37N5O2. The van der Waals surface area contributed by atoms with Gasteiger partial charge in [-0.05, 0) is 25.2 Å². The van der Waals surface area contributed by atoms with E-state index >= 15 is 0 Å². The highest BCUT2D eigenvalue weighted by molar-refractivity contribution is 5.79. The van der Waals surface area contributed by atoms with E-state index in [0.717, 1.165) is 37.9 Å². The lowest BCUT2D eigenvalue weighted by Crippen LogP contribution is -2.43. The van der Waals surface area contributed by atoms with Crippen molar-refractivity contribution in [1.82, 2.24) is 20.8 Å². The van der Waals surface area contributed by atoms with Crippen molar-refractivity contribution in [3.05, 3.63) is 11.7 Å². The summed E-state index contributed by atoms with van der Waals surface area (Å²) in [5.74, 6) is 2.99. The van der Waals surface area contributed by atoms with E-state index in [9.17, 15) is 0 Å². The fourth-order valence-corrected chi connectivity index (χ4v) is 3.43. The van der Waals surface area contributed by atoms with Crippen LogP contribution in [0.4, 0.5) is 0 Å². The molecule has 2 unspecified atom stereocenters. The first-order valence-electron chi connectivity index (χ1n) is 10.3. The van der Waals surface area contributed by atoms with Gasteiger partial charge < -0.3 is 19.9 Å². The average molecular weight is 380 g/mol. The molecule has 0 saturated carbocycles. The summed E-state index contributed by atoms with van der Waals surface area (Å²) in [6, 6.07) is 0. The zero-order valence-corrected chi connectivity index (χ0v) is 17.8. The van der Waals surface area contributed by atoms with Crippen LogP contribution < -0.4 is 10.6 Å². The predicted molar refractivity (Wildman–Crippen MR) is 108 cm³/mol. The normalized spacial score (nSPS) is 21.5. The van der Waals surface area contributed by atoms with Gasteiger partial charge >= 0.3 is 0 Å². The largest absolute Gasteiger partial charge is 0.377 e. The molecule has 7 heteroatoms. The minimum atomic E-state index is 0.137. The van der Waals surface area contributed by atoms with Crippen LogP contribution in [0.3, 0.4) is 0 Å². The number of ether oxygens (including phenoxy) is 1. The van der Waals surface area contributed by atoms with E-state index in [0.29, 0.717) is 24.8 Å². The summed E-state index contributed by atoms with van der Waals surface area (Å²) in [4.78, 5) is 9.23. The van der Waals surface area contributed by atoms with Crippen LogP contribution in [0.25, 0.3) is 0 Å². The monoisotopic (exact) mass is 379 g/mol. The fraction of sp³-hybridized carbons (Fsp3) is 0.850. The van der Waals surface area contributed by atoms with Crippen LogP contribution in [-0.2, 0) is 11.2 Å². The van der Waals surface area contributed by atoms with E-state index in [1.165, 1.54) is 6.42 Å². The van der Waals surface area contributed by atoms with Crippen LogP contribution in [0.5, 0.6) is 0 Å². The molecule has 2 rings (SSSR count). The van der Waals surface area contributed by atoms with Gasteiger partial charge in [0.25, 0.3) is 0 Å². The molecule has 2 N–H and O–H groups in total. The van der Waals surface area contributed by atoms with E-state index in [2.05, 4.69) is 62.3 Å². The Kier molecular flexibility index (Phi) is 8.07. The second-order valence-corrected chi connectivity index (χ2v) is 8.66. The Morgan fingerprint density at radius 2 is 2.07 bits per heavy atom. The molecule has 2 heterocycles. The van der Waals surface area contributed by atoms with Gasteiger partial charge in [0.15, 0.2) is 11.8 Å². The van der Waals surface area contributed by atoms with Crippen molar-refractivity contribution in [2.24, 2.45) is 16.3 Å². The van der Waals surface area contributed by atoms with Crippen molar-refractivity contribution in [2.45, 2.75) is 72.8 Å². The molecule has 0 bridgehead atoms. The Bertz CT molecular complexity index is 591. The van der Waals surface area contributed by atoms with Crippen LogP contribution in [0.2, 0.25) is 0 Å². The Morgan fingerprint density at radius 1 is 1.30 bits per heavy atom. The molecule has 154 valence electrons. The number of rotatable bonds is 7. The average Bonchev–Trinajstić information content (AvgIpc) is 3.08. The topological polar surface area (TPSA) is 84.6 Å². The third-order valence-electron chi connectivity index (χ3n) is 4.76. The van der Waals surface area contributed by atoms with Crippen LogP contribution >= 0.6 is 0 Å². The maximum absolute atomic E-state index is 6.07. The molecule has 0 radical (unpaired) electrons. The summed E-state index contributed by atoms with van der Waals surface area (Å²) in [5.41, 5.74) is 0.137. The van der Waals surface area contributed by atoms with E-state index in [-0.39, 0.29) is 17.4 Å². The number of aromatic nitrogens is 2. The summed E-state index contributed by atoms with van der Waals surface area (Å²) >= 11 is 0. The van der Waals surface area contributed by atoms with Gasteiger partial charge in [0, 0.05) is 44.5 Å². The number of guanidine groups is 1. The van der Waals surface area contributed by atoms with Gasteiger partial charge in [0.2, 0.25) is 5.89 Å². The first-order valence-corrected chi connectivity index (χ1v) is 10.3. The Hall–Kier alpha value is -1.63. The van der Waals surface area contributed by atoms with Crippen molar-refractivity contribution < 1.29 is 9.26 Å². The smallest absolute Gasteiger partial charge is 0.228 e. The van der Waals surface area contributed by atoms with E-state index in [1.54, 1.807) is 0 Å². The van der Waals surface area contributed by atoms with Crippen molar-refractivity contribution in [3.8, 4) is 0 Å². The molecule has 1 saturated heterocycles. The predicted octanol–water partition coefficient (Wildman–Crippen LogP) is 3.13. The molecule has 0 aromatic carbocycles. The summed E-state index contributed by atoms with van der Waals surface area (Å²) in [5, 5.41) is 10.7. The highest BCUT2D eigenvalue weighted by Gasteiger charge is 2.35. The molecule has 1 aliphatic heterocycles. The quantitative estimate of drug-likeness (QED) is 0.559. The van der Waals surface area contributed by atoms with E-state index in [4.69, 9.17) is 14.3 Å². The SMILES string of the molecule is CCNC(=NCC1CCCOC1C(C)(C)C)NCCc1nc(C(C)C)no1. The molecule has 1 aliphatic rings. The van der Waals surface area contributed by atoms with Gasteiger partial charge in [-0.3, -0.25) is 4.99 Å². The molecule has 0 amide bonds. The lowest BCUT2D eigenvalue weighted by Gasteiger charge is -2.39. The number of aliphatic imine (C=N–C) groups is 1. The minimum Gasteiger partial charge on any atom is -0.377 e. The summed E-state index contributed by atoms with van der Waals surface area (Å²) in [6.45, 7) is 16.1. The van der Waals surface area contributed by atoms with Crippen LogP contribution in [0.1, 0.15) is 72.0 Å². The third kappa shape index (κ3) is 6.79. The van der Waals surface area contributed by atoms with Crippen LogP contribution in [0.15, 0.2) is 9.52 Å². The van der Waals surface area contributed by atoms with E-state index < -0.39 is 0 Å². The lowest BCUT2D eigenvalue weighted by atomic mass is 9.78. The fourth-order valence-electron chi connectivity index (χ4n) is 3.43. The van der Waals surface area contributed by atoms with Gasteiger partial charge in [0.05, 0.1) is 6.10 Å². The zero-order chi connectivity index (χ0) is 19.9. The van der Waals surface area contributed by atoms with Gasteiger partial charge in [-0.2, -0.15) is 4.98 Å². The number of nitrogens with one attached hydrogen (secondary N) is 2. The maximum Gasteiger partial charge on any atom is 0.228 e. The molecule has 0 aliphatic carbocycles. The molecule has 1 aromatic heterocycles. The van der Waals surface area contributed by atoms with Crippen molar-refractivity contribution in [1.29, 1.82) is 0 Å². The first-order chi connectivity index (χ1) is 12.8. The standard InChI is InChI=1S/C20H37N5O2/c1-7-21-19(22-11-10-16-24-18(14(2)3)25-27-16)23-13-15-9-8-12-26-17(15)20(4,5)6/h14-15,17H,7-13H2,1-6H3,(H2,21,22,23). The molecule has 7 nitrogen and oxygen atoms in total. The number of hydrogen-bond donors (Lipinski definition) is 2. The molecular weight excluding hydrogens is 342 g/mol. The van der Waals surface area contributed by atoms with Gasteiger partial charge in [-0.1, -0.05) is 39.8 Å². The number of nitrogens with zero attached hydrogens (tertiary/aromatic N) is 3. The second-order valence-electron chi connectivity index (χ2n) is 8.66. The highest BCUT2D eigenvalue weighted by atomic mass is 16.5. The van der Waals surface area contributed by atoms with Crippen LogP contribution in [0, 0.1) is 11.3 Å². The van der Waals surface area contributed by atoms with E-state index in [1.807, 2.05) is 0 Å². The molecule has 1 aromatic rings. The minimum absolute atomic E-state index is 0.137. The Balaban J connectivity index is 1.88. The van der Waals surface area contributed by atoms with Crippen molar-refractivity contribution in [2.75, 3.05) is 26.2 Å². The molecule has 2 atom stereocenters. The Labute approximate surface area is 163 Å². The number of hydrogen-bond acceptors (Lipinski definition) is 5. The van der Waals surface area contributed by atoms with Gasteiger partial charge in [-0.15, -0.1) is 0 Å². The highest BCUT2D eigenvalue weighted by Crippen LogP contribution is 2.34. The van der Waals surface area contributed by atoms with Crippen molar-refractivity contribution in [3.63, 3.8) is 0 Å². The van der Waals surface area contributed by atoms with Crippen molar-refractivity contribution >= 4 is 5.96 Å². The van der Waals surface area contributed by atoms with Gasteiger partial charge in [-0.25, -0.2) is 0 Å². The summed E-state index contributed by atoms with van der Waals surface area (Å²) < 4.78 is 11.4. The lowest BCUT2D eigenvalue weighted by molar-refractivity contribution is -0.0823. The molecule has 1 fully saturated rings.